The van der Waals surface area contributed by atoms with Crippen molar-refractivity contribution in [2.75, 3.05) is 6.54 Å². The van der Waals surface area contributed by atoms with E-state index in [1.54, 1.807) is 18.3 Å². The summed E-state index contributed by atoms with van der Waals surface area (Å²) >= 11 is 0. The van der Waals surface area contributed by atoms with Crippen molar-refractivity contribution >= 4 is 5.91 Å². The van der Waals surface area contributed by atoms with Gasteiger partial charge in [-0.15, -0.1) is 0 Å². The van der Waals surface area contributed by atoms with Crippen LogP contribution in [0.1, 0.15) is 27.2 Å². The summed E-state index contributed by atoms with van der Waals surface area (Å²) in [5.41, 5.74) is 0.755. The quantitative estimate of drug-likeness (QED) is 0.594. The highest BCUT2D eigenvalue weighted by atomic mass is 19.4. The molecule has 29 heavy (non-hydrogen) atoms. The zero-order valence-electron chi connectivity index (χ0n) is 15.1. The molecular weight excluding hydrogens is 386 g/mol. The van der Waals surface area contributed by atoms with Gasteiger partial charge in [0.2, 0.25) is 0 Å². The van der Waals surface area contributed by atoms with Gasteiger partial charge in [-0.2, -0.15) is 13.2 Å². The Morgan fingerprint density at radius 2 is 1.76 bits per heavy atom. The van der Waals surface area contributed by atoms with E-state index in [-0.39, 0.29) is 24.5 Å². The van der Waals surface area contributed by atoms with Crippen molar-refractivity contribution in [3.8, 4) is 11.4 Å². The van der Waals surface area contributed by atoms with E-state index < -0.39 is 17.6 Å². The van der Waals surface area contributed by atoms with Crippen LogP contribution in [0.3, 0.4) is 0 Å². The van der Waals surface area contributed by atoms with Gasteiger partial charge in [0.1, 0.15) is 5.82 Å². The molecule has 1 aliphatic heterocycles. The topological polar surface area (TPSA) is 46.1 Å². The number of fused-ring (bicyclic) bond motifs is 1. The highest BCUT2D eigenvalue weighted by molar-refractivity contribution is 5.96. The van der Waals surface area contributed by atoms with E-state index in [4.69, 9.17) is 0 Å². The molecular formula is C21H15F4N3O. The average Bonchev–Trinajstić information content (AvgIpc) is 2.72. The molecule has 2 aromatic carbocycles. The molecule has 0 aliphatic carbocycles. The monoisotopic (exact) mass is 401 g/mol. The minimum atomic E-state index is -4.60. The van der Waals surface area contributed by atoms with Crippen LogP contribution >= 0.6 is 0 Å². The summed E-state index contributed by atoms with van der Waals surface area (Å²) in [7, 11) is 0. The molecule has 0 saturated heterocycles. The lowest BCUT2D eigenvalue weighted by Crippen LogP contribution is -2.37. The van der Waals surface area contributed by atoms with E-state index in [9.17, 15) is 22.4 Å². The SMILES string of the molecule is O=C(c1ccccc1C(F)(F)F)N1CCc2nc(-c3ccc(F)cc3)ncc2C1. The molecule has 148 valence electrons. The minimum absolute atomic E-state index is 0.129. The second kappa shape index (κ2) is 7.27. The van der Waals surface area contributed by atoms with E-state index in [0.717, 1.165) is 11.8 Å². The van der Waals surface area contributed by atoms with Crippen molar-refractivity contribution in [2.24, 2.45) is 0 Å². The lowest BCUT2D eigenvalue weighted by molar-refractivity contribution is -0.138. The van der Waals surface area contributed by atoms with E-state index in [1.165, 1.54) is 35.2 Å². The van der Waals surface area contributed by atoms with Gasteiger partial charge in [-0.1, -0.05) is 12.1 Å². The Morgan fingerprint density at radius 3 is 2.48 bits per heavy atom. The van der Waals surface area contributed by atoms with Crippen molar-refractivity contribution in [2.45, 2.75) is 19.1 Å². The lowest BCUT2D eigenvalue weighted by Gasteiger charge is -2.29. The number of hydrogen-bond donors (Lipinski definition) is 0. The van der Waals surface area contributed by atoms with Gasteiger partial charge >= 0.3 is 6.18 Å². The minimum Gasteiger partial charge on any atom is -0.334 e. The van der Waals surface area contributed by atoms with Gasteiger partial charge in [-0.3, -0.25) is 4.79 Å². The van der Waals surface area contributed by atoms with E-state index in [2.05, 4.69) is 9.97 Å². The number of nitrogens with zero attached hydrogens (tertiary/aromatic N) is 3. The van der Waals surface area contributed by atoms with Gasteiger partial charge in [0, 0.05) is 36.8 Å². The molecule has 0 unspecified atom stereocenters. The third-order valence-corrected chi connectivity index (χ3v) is 4.79. The van der Waals surface area contributed by atoms with Crippen molar-refractivity contribution in [1.29, 1.82) is 0 Å². The first-order chi connectivity index (χ1) is 13.8. The van der Waals surface area contributed by atoms with E-state index in [1.807, 2.05) is 0 Å². The third kappa shape index (κ3) is 3.83. The van der Waals surface area contributed by atoms with Crippen LogP contribution in [0.5, 0.6) is 0 Å². The number of alkyl halides is 3. The molecule has 0 spiro atoms. The molecule has 4 nitrogen and oxygen atoms in total. The number of hydrogen-bond acceptors (Lipinski definition) is 3. The smallest absolute Gasteiger partial charge is 0.334 e. The summed E-state index contributed by atoms with van der Waals surface area (Å²) in [5.74, 6) is -0.600. The Labute approximate surface area is 163 Å². The van der Waals surface area contributed by atoms with Gasteiger partial charge < -0.3 is 4.90 Å². The first-order valence-electron chi connectivity index (χ1n) is 8.89. The fraction of sp³-hybridized carbons (Fsp3) is 0.190. The molecule has 1 aromatic heterocycles. The zero-order valence-corrected chi connectivity index (χ0v) is 15.1. The number of rotatable bonds is 2. The molecule has 0 fully saturated rings. The predicted octanol–water partition coefficient (Wildman–Crippen LogP) is 4.50. The summed E-state index contributed by atoms with van der Waals surface area (Å²) in [6.07, 6.45) is -2.64. The van der Waals surface area contributed by atoms with Crippen LogP contribution in [0.4, 0.5) is 17.6 Å². The fourth-order valence-electron chi connectivity index (χ4n) is 3.31. The normalized spacial score (nSPS) is 13.9. The number of halogens is 4. The number of amides is 1. The molecule has 0 bridgehead atoms. The highest BCUT2D eigenvalue weighted by Gasteiger charge is 2.36. The van der Waals surface area contributed by atoms with E-state index in [0.29, 0.717) is 23.4 Å². The Morgan fingerprint density at radius 1 is 1.03 bits per heavy atom. The van der Waals surface area contributed by atoms with Gasteiger partial charge in [0.05, 0.1) is 16.8 Å². The van der Waals surface area contributed by atoms with Crippen LogP contribution in [0.25, 0.3) is 11.4 Å². The maximum atomic E-state index is 13.2. The Bertz CT molecular complexity index is 1060. The van der Waals surface area contributed by atoms with Gasteiger partial charge in [0.15, 0.2) is 5.82 Å². The Balaban J connectivity index is 1.58. The second-order valence-corrected chi connectivity index (χ2v) is 6.69. The first kappa shape index (κ1) is 19.0. The molecule has 1 aliphatic rings. The van der Waals surface area contributed by atoms with Crippen LogP contribution in [0.2, 0.25) is 0 Å². The Hall–Kier alpha value is -3.29. The molecule has 0 radical (unpaired) electrons. The van der Waals surface area contributed by atoms with Crippen LogP contribution in [-0.2, 0) is 19.1 Å². The zero-order chi connectivity index (χ0) is 20.6. The molecule has 0 saturated carbocycles. The molecule has 0 atom stereocenters. The summed E-state index contributed by atoms with van der Waals surface area (Å²) in [6.45, 7) is 0.377. The fourth-order valence-corrected chi connectivity index (χ4v) is 3.31. The van der Waals surface area contributed by atoms with Crippen LogP contribution < -0.4 is 0 Å². The van der Waals surface area contributed by atoms with Gasteiger partial charge in [-0.05, 0) is 36.4 Å². The summed E-state index contributed by atoms with van der Waals surface area (Å²) in [5, 5.41) is 0. The molecule has 3 aromatic rings. The largest absolute Gasteiger partial charge is 0.417 e. The van der Waals surface area contributed by atoms with Crippen LogP contribution in [0.15, 0.2) is 54.7 Å². The number of carbonyl (C=O) groups excluding carboxylic acids is 1. The average molecular weight is 401 g/mol. The van der Waals surface area contributed by atoms with Crippen LogP contribution in [-0.4, -0.2) is 27.3 Å². The van der Waals surface area contributed by atoms with Crippen molar-refractivity contribution in [3.05, 3.63) is 82.9 Å². The highest BCUT2D eigenvalue weighted by Crippen LogP contribution is 2.33. The van der Waals surface area contributed by atoms with Crippen molar-refractivity contribution in [3.63, 3.8) is 0 Å². The van der Waals surface area contributed by atoms with Crippen molar-refractivity contribution in [1.82, 2.24) is 14.9 Å². The van der Waals surface area contributed by atoms with E-state index >= 15 is 0 Å². The maximum Gasteiger partial charge on any atom is 0.417 e. The van der Waals surface area contributed by atoms with Crippen LogP contribution in [0, 0.1) is 5.82 Å². The summed E-state index contributed by atoms with van der Waals surface area (Å²) in [4.78, 5) is 22.9. The maximum absolute atomic E-state index is 13.2. The molecule has 8 heteroatoms. The molecule has 1 amide bonds. The molecule has 2 heterocycles. The number of aromatic nitrogens is 2. The lowest BCUT2D eigenvalue weighted by atomic mass is 10.0. The van der Waals surface area contributed by atoms with Gasteiger partial charge in [0.25, 0.3) is 5.91 Å². The number of carbonyl (C=O) groups is 1. The molecule has 0 N–H and O–H groups in total. The second-order valence-electron chi connectivity index (χ2n) is 6.69. The Kier molecular flexibility index (Phi) is 4.77. The summed E-state index contributed by atoms with van der Waals surface area (Å²) in [6, 6.07) is 10.5. The number of benzene rings is 2. The molecule has 4 rings (SSSR count). The third-order valence-electron chi connectivity index (χ3n) is 4.79. The van der Waals surface area contributed by atoms with Crippen molar-refractivity contribution < 1.29 is 22.4 Å². The summed E-state index contributed by atoms with van der Waals surface area (Å²) < 4.78 is 52.8. The predicted molar refractivity (Wildman–Crippen MR) is 97.3 cm³/mol. The standard InChI is InChI=1S/C21H15F4N3O/c22-15-7-5-13(6-8-15)19-26-11-14-12-28(10-9-18(14)27-19)20(29)16-3-1-2-4-17(16)21(23,24)25/h1-8,11H,9-10,12H2. The van der Waals surface area contributed by atoms with Gasteiger partial charge in [-0.25, -0.2) is 14.4 Å². The first-order valence-corrected chi connectivity index (χ1v) is 8.89.